The lowest BCUT2D eigenvalue weighted by molar-refractivity contribution is -0.121. The quantitative estimate of drug-likeness (QED) is 0.777. The Morgan fingerprint density at radius 1 is 1.39 bits per heavy atom. The molecule has 1 amide bonds. The van der Waals surface area contributed by atoms with Crippen molar-refractivity contribution in [3.05, 3.63) is 29.8 Å². The van der Waals surface area contributed by atoms with Crippen LogP contribution in [0.5, 0.6) is 5.75 Å². The molecule has 0 heterocycles. The Morgan fingerprint density at radius 3 is 2.67 bits per heavy atom. The predicted molar refractivity (Wildman–Crippen MR) is 70.5 cm³/mol. The van der Waals surface area contributed by atoms with Gasteiger partial charge in [0.1, 0.15) is 5.75 Å². The third-order valence-corrected chi connectivity index (χ3v) is 2.85. The number of aromatic hydroxyl groups is 1. The zero-order chi connectivity index (χ0) is 13.4. The molecule has 0 bridgehead atoms. The van der Waals surface area contributed by atoms with Gasteiger partial charge in [-0.25, -0.2) is 0 Å². The number of carbonyl (C=O) groups excluding carboxylic acids is 1. The summed E-state index contributed by atoms with van der Waals surface area (Å²) >= 11 is 0. The molecule has 0 radical (unpaired) electrons. The van der Waals surface area contributed by atoms with Crippen molar-refractivity contribution in [3.8, 4) is 5.75 Å². The highest BCUT2D eigenvalue weighted by Gasteiger charge is 2.05. The van der Waals surface area contributed by atoms with Gasteiger partial charge in [0.25, 0.3) is 0 Å². The Labute approximate surface area is 108 Å². The minimum absolute atomic E-state index is 0.0534. The SMILES string of the molecule is COC(C)CCC(=O)NCCc1ccc(O)cc1. The average Bonchev–Trinajstić information content (AvgIpc) is 2.38. The molecule has 1 rings (SSSR count). The van der Waals surface area contributed by atoms with E-state index in [1.807, 2.05) is 19.1 Å². The molecule has 4 nitrogen and oxygen atoms in total. The molecule has 1 aromatic carbocycles. The van der Waals surface area contributed by atoms with Crippen molar-refractivity contribution in [1.29, 1.82) is 0 Å². The maximum Gasteiger partial charge on any atom is 0.220 e. The molecule has 0 saturated heterocycles. The van der Waals surface area contributed by atoms with Crippen LogP contribution in [0.3, 0.4) is 0 Å². The number of phenols is 1. The number of rotatable bonds is 7. The first-order valence-corrected chi connectivity index (χ1v) is 6.19. The minimum Gasteiger partial charge on any atom is -0.508 e. The van der Waals surface area contributed by atoms with Gasteiger partial charge in [-0.05, 0) is 37.5 Å². The van der Waals surface area contributed by atoms with Gasteiger partial charge < -0.3 is 15.2 Å². The molecule has 4 heteroatoms. The number of hydrogen-bond acceptors (Lipinski definition) is 3. The van der Waals surface area contributed by atoms with Gasteiger partial charge in [-0.1, -0.05) is 12.1 Å². The number of carbonyl (C=O) groups is 1. The van der Waals surface area contributed by atoms with Gasteiger partial charge in [-0.2, -0.15) is 0 Å². The highest BCUT2D eigenvalue weighted by atomic mass is 16.5. The van der Waals surface area contributed by atoms with E-state index in [2.05, 4.69) is 5.32 Å². The molecule has 18 heavy (non-hydrogen) atoms. The van der Waals surface area contributed by atoms with Crippen molar-refractivity contribution in [2.75, 3.05) is 13.7 Å². The first-order valence-electron chi connectivity index (χ1n) is 6.19. The molecular formula is C14H21NO3. The third-order valence-electron chi connectivity index (χ3n) is 2.85. The summed E-state index contributed by atoms with van der Waals surface area (Å²) in [6.07, 6.45) is 2.12. The monoisotopic (exact) mass is 251 g/mol. The highest BCUT2D eigenvalue weighted by Crippen LogP contribution is 2.09. The molecule has 0 aromatic heterocycles. The standard InChI is InChI=1S/C14H21NO3/c1-11(18-2)3-8-14(17)15-10-9-12-4-6-13(16)7-5-12/h4-7,11,16H,3,8-10H2,1-2H3,(H,15,17). The maximum absolute atomic E-state index is 11.5. The second-order valence-corrected chi connectivity index (χ2v) is 4.35. The van der Waals surface area contributed by atoms with E-state index in [1.165, 1.54) is 0 Å². The fourth-order valence-corrected chi connectivity index (χ4v) is 1.55. The van der Waals surface area contributed by atoms with Crippen LogP contribution < -0.4 is 5.32 Å². The Balaban J connectivity index is 2.17. The van der Waals surface area contributed by atoms with Crippen molar-refractivity contribution in [2.45, 2.75) is 32.3 Å². The van der Waals surface area contributed by atoms with E-state index in [0.717, 1.165) is 18.4 Å². The molecule has 1 unspecified atom stereocenters. The van der Waals surface area contributed by atoms with E-state index >= 15 is 0 Å². The van der Waals surface area contributed by atoms with Crippen LogP contribution in [0.15, 0.2) is 24.3 Å². The Hall–Kier alpha value is -1.55. The van der Waals surface area contributed by atoms with Crippen molar-refractivity contribution >= 4 is 5.91 Å². The first kappa shape index (κ1) is 14.5. The molecular weight excluding hydrogens is 230 g/mol. The molecule has 0 aliphatic carbocycles. The summed E-state index contributed by atoms with van der Waals surface area (Å²) in [5.74, 6) is 0.314. The zero-order valence-electron chi connectivity index (χ0n) is 11.0. The van der Waals surface area contributed by atoms with Crippen LogP contribution in [-0.4, -0.2) is 30.8 Å². The van der Waals surface area contributed by atoms with Gasteiger partial charge in [0, 0.05) is 20.1 Å². The number of ether oxygens (including phenoxy) is 1. The second-order valence-electron chi connectivity index (χ2n) is 4.35. The number of methoxy groups -OCH3 is 1. The van der Waals surface area contributed by atoms with E-state index in [1.54, 1.807) is 19.2 Å². The minimum atomic E-state index is 0.0534. The van der Waals surface area contributed by atoms with Crippen molar-refractivity contribution in [2.24, 2.45) is 0 Å². The Morgan fingerprint density at radius 2 is 2.06 bits per heavy atom. The van der Waals surface area contributed by atoms with Crippen molar-refractivity contribution in [3.63, 3.8) is 0 Å². The van der Waals surface area contributed by atoms with Crippen LogP contribution in [0, 0.1) is 0 Å². The zero-order valence-corrected chi connectivity index (χ0v) is 11.0. The summed E-state index contributed by atoms with van der Waals surface area (Å²) < 4.78 is 5.08. The summed E-state index contributed by atoms with van der Waals surface area (Å²) in [4.78, 5) is 11.5. The van der Waals surface area contributed by atoms with Gasteiger partial charge in [-0.15, -0.1) is 0 Å². The molecule has 2 N–H and O–H groups in total. The van der Waals surface area contributed by atoms with Gasteiger partial charge >= 0.3 is 0 Å². The molecule has 0 aliphatic heterocycles. The van der Waals surface area contributed by atoms with E-state index in [-0.39, 0.29) is 17.8 Å². The van der Waals surface area contributed by atoms with Gasteiger partial charge in [0.2, 0.25) is 5.91 Å². The van der Waals surface area contributed by atoms with E-state index < -0.39 is 0 Å². The molecule has 1 aromatic rings. The summed E-state index contributed by atoms with van der Waals surface area (Å²) in [6, 6.07) is 7.01. The second kappa shape index (κ2) is 7.71. The lowest BCUT2D eigenvalue weighted by atomic mass is 10.1. The van der Waals surface area contributed by atoms with E-state index in [9.17, 15) is 4.79 Å². The van der Waals surface area contributed by atoms with Crippen LogP contribution in [0.1, 0.15) is 25.3 Å². The third kappa shape index (κ3) is 5.68. The summed E-state index contributed by atoms with van der Waals surface area (Å²) in [6.45, 7) is 2.56. The fourth-order valence-electron chi connectivity index (χ4n) is 1.55. The average molecular weight is 251 g/mol. The van der Waals surface area contributed by atoms with Crippen LogP contribution in [0.2, 0.25) is 0 Å². The summed E-state index contributed by atoms with van der Waals surface area (Å²) in [5.41, 5.74) is 1.10. The number of benzene rings is 1. The van der Waals surface area contributed by atoms with E-state index in [0.29, 0.717) is 13.0 Å². The topological polar surface area (TPSA) is 58.6 Å². The molecule has 0 saturated carbocycles. The normalized spacial score (nSPS) is 12.1. The predicted octanol–water partition coefficient (Wildman–Crippen LogP) is 1.87. The number of phenolic OH excluding ortho intramolecular Hbond substituents is 1. The summed E-state index contributed by atoms with van der Waals surface area (Å²) in [5, 5.41) is 12.0. The Kier molecular flexibility index (Phi) is 6.22. The van der Waals surface area contributed by atoms with Crippen molar-refractivity contribution in [1.82, 2.24) is 5.32 Å². The van der Waals surface area contributed by atoms with Gasteiger partial charge in [0.05, 0.1) is 6.10 Å². The highest BCUT2D eigenvalue weighted by molar-refractivity contribution is 5.75. The van der Waals surface area contributed by atoms with Crippen LogP contribution in [-0.2, 0) is 16.0 Å². The number of amides is 1. The van der Waals surface area contributed by atoms with Crippen LogP contribution in [0.25, 0.3) is 0 Å². The number of nitrogens with one attached hydrogen (secondary N) is 1. The van der Waals surface area contributed by atoms with Crippen molar-refractivity contribution < 1.29 is 14.6 Å². The lowest BCUT2D eigenvalue weighted by Gasteiger charge is -2.09. The maximum atomic E-state index is 11.5. The van der Waals surface area contributed by atoms with Crippen LogP contribution in [0.4, 0.5) is 0 Å². The molecule has 0 fully saturated rings. The Bertz CT molecular complexity index is 362. The lowest BCUT2D eigenvalue weighted by Crippen LogP contribution is -2.26. The summed E-state index contributed by atoms with van der Waals surface area (Å²) in [7, 11) is 1.65. The van der Waals surface area contributed by atoms with E-state index in [4.69, 9.17) is 9.84 Å². The molecule has 100 valence electrons. The molecule has 0 spiro atoms. The van der Waals surface area contributed by atoms with Gasteiger partial charge in [0.15, 0.2) is 0 Å². The van der Waals surface area contributed by atoms with Gasteiger partial charge in [-0.3, -0.25) is 4.79 Å². The fraction of sp³-hybridized carbons (Fsp3) is 0.500. The number of hydrogen-bond donors (Lipinski definition) is 2. The first-order chi connectivity index (χ1) is 8.61. The van der Waals surface area contributed by atoms with Crippen LogP contribution >= 0.6 is 0 Å². The molecule has 1 atom stereocenters. The molecule has 0 aliphatic rings. The largest absolute Gasteiger partial charge is 0.508 e. The smallest absolute Gasteiger partial charge is 0.220 e.